The largest absolute Gasteiger partial charge is 0.460 e. The molecule has 0 fully saturated rings. The van der Waals surface area contributed by atoms with Crippen LogP contribution in [0.25, 0.3) is 0 Å². The summed E-state index contributed by atoms with van der Waals surface area (Å²) < 4.78 is 27.5. The van der Waals surface area contributed by atoms with Crippen molar-refractivity contribution >= 4 is 27.3 Å². The highest BCUT2D eigenvalue weighted by molar-refractivity contribution is 7.89. The monoisotopic (exact) mass is 379 g/mol. The van der Waals surface area contributed by atoms with Crippen LogP contribution in [0.4, 0.5) is 11.5 Å². The van der Waals surface area contributed by atoms with E-state index in [1.807, 2.05) is 0 Å². The van der Waals surface area contributed by atoms with Crippen LogP contribution in [0.1, 0.15) is 15.9 Å². The molecule has 0 radical (unpaired) electrons. The van der Waals surface area contributed by atoms with Crippen LogP contribution in [0.15, 0.2) is 42.6 Å². The number of anilines is 1. The zero-order chi connectivity index (χ0) is 19.2. The minimum absolute atomic E-state index is 0.0720. The Kier molecular flexibility index (Phi) is 6.23. The fourth-order valence-electron chi connectivity index (χ4n) is 2.04. The fourth-order valence-corrected chi connectivity index (χ4v) is 2.84. The van der Waals surface area contributed by atoms with Gasteiger partial charge in [-0.1, -0.05) is 12.1 Å². The molecule has 1 aromatic heterocycles. The maximum absolute atomic E-state index is 11.9. The number of sulfone groups is 1. The van der Waals surface area contributed by atoms with Gasteiger partial charge in [0, 0.05) is 12.3 Å². The van der Waals surface area contributed by atoms with Gasteiger partial charge in [-0.05, 0) is 23.8 Å². The second-order valence-corrected chi connectivity index (χ2v) is 7.63. The van der Waals surface area contributed by atoms with E-state index in [2.05, 4.69) is 10.3 Å². The van der Waals surface area contributed by atoms with E-state index in [9.17, 15) is 23.3 Å². The molecule has 0 aliphatic rings. The molecule has 0 spiro atoms. The third kappa shape index (κ3) is 6.13. The summed E-state index contributed by atoms with van der Waals surface area (Å²) in [5, 5.41) is 13.4. The van der Waals surface area contributed by atoms with Gasteiger partial charge in [0.05, 0.1) is 22.8 Å². The average molecular weight is 379 g/mol. The van der Waals surface area contributed by atoms with E-state index in [-0.39, 0.29) is 24.6 Å². The predicted molar refractivity (Wildman–Crippen MR) is 94.7 cm³/mol. The minimum atomic E-state index is -3.13. The van der Waals surface area contributed by atoms with E-state index in [0.717, 1.165) is 12.5 Å². The standard InChI is InChI=1S/C16H17N3O6S/c1-26(23,24)11-12-2-4-13(5-3-12)16(20)25-9-8-17-15-7-6-14(10-18-15)19(21)22/h2-7,10H,8-9,11H2,1H3,(H,17,18). The molecular formula is C16H17N3O6S. The Labute approximate surface area is 150 Å². The topological polar surface area (TPSA) is 128 Å². The summed E-state index contributed by atoms with van der Waals surface area (Å²) in [5.41, 5.74) is 0.798. The number of nitrogens with zero attached hydrogens (tertiary/aromatic N) is 2. The average Bonchev–Trinajstić information content (AvgIpc) is 2.58. The normalized spacial score (nSPS) is 11.0. The first-order valence-corrected chi connectivity index (χ1v) is 9.59. The van der Waals surface area contributed by atoms with Crippen LogP contribution in [-0.2, 0) is 20.3 Å². The second kappa shape index (κ2) is 8.39. The lowest BCUT2D eigenvalue weighted by atomic mass is 10.1. The van der Waals surface area contributed by atoms with Gasteiger partial charge in [-0.25, -0.2) is 18.2 Å². The SMILES string of the molecule is CS(=O)(=O)Cc1ccc(C(=O)OCCNc2ccc([N+](=O)[O-])cn2)cc1. The van der Waals surface area contributed by atoms with E-state index < -0.39 is 20.7 Å². The van der Waals surface area contributed by atoms with Gasteiger partial charge in [-0.3, -0.25) is 10.1 Å². The van der Waals surface area contributed by atoms with Gasteiger partial charge >= 0.3 is 5.97 Å². The third-order valence-corrected chi connectivity index (χ3v) is 4.08. The number of carbonyl (C=O) groups excluding carboxylic acids is 1. The first kappa shape index (κ1) is 19.3. The number of aromatic nitrogens is 1. The molecule has 138 valence electrons. The van der Waals surface area contributed by atoms with Crippen LogP contribution in [-0.4, -0.2) is 43.7 Å². The molecule has 1 heterocycles. The third-order valence-electron chi connectivity index (χ3n) is 3.22. The van der Waals surface area contributed by atoms with Crippen molar-refractivity contribution in [1.29, 1.82) is 0 Å². The van der Waals surface area contributed by atoms with Gasteiger partial charge in [0.1, 0.15) is 18.6 Å². The first-order valence-electron chi connectivity index (χ1n) is 7.53. The minimum Gasteiger partial charge on any atom is -0.460 e. The Morgan fingerprint density at radius 2 is 1.92 bits per heavy atom. The molecule has 1 N–H and O–H groups in total. The number of nitrogens with one attached hydrogen (secondary N) is 1. The molecule has 1 aromatic carbocycles. The number of esters is 1. The van der Waals surface area contributed by atoms with Gasteiger partial charge in [-0.2, -0.15) is 0 Å². The molecule has 0 atom stereocenters. The number of hydrogen-bond donors (Lipinski definition) is 1. The van der Waals surface area contributed by atoms with Crippen molar-refractivity contribution in [2.45, 2.75) is 5.75 Å². The lowest BCUT2D eigenvalue weighted by molar-refractivity contribution is -0.385. The van der Waals surface area contributed by atoms with Crippen LogP contribution in [0.3, 0.4) is 0 Å². The van der Waals surface area contributed by atoms with E-state index in [1.165, 1.54) is 24.3 Å². The molecule has 0 aliphatic heterocycles. The van der Waals surface area contributed by atoms with Crippen molar-refractivity contribution in [3.8, 4) is 0 Å². The van der Waals surface area contributed by atoms with E-state index in [1.54, 1.807) is 12.1 Å². The molecule has 0 amide bonds. The summed E-state index contributed by atoms with van der Waals surface area (Å²) in [6, 6.07) is 8.93. The molecule has 0 bridgehead atoms. The van der Waals surface area contributed by atoms with Crippen LogP contribution >= 0.6 is 0 Å². The van der Waals surface area contributed by atoms with E-state index in [0.29, 0.717) is 16.9 Å². The molecule has 2 aromatic rings. The molecular weight excluding hydrogens is 362 g/mol. The number of nitro groups is 1. The zero-order valence-electron chi connectivity index (χ0n) is 13.9. The van der Waals surface area contributed by atoms with Crippen molar-refractivity contribution < 1.29 is 22.9 Å². The quantitative estimate of drug-likeness (QED) is 0.318. The van der Waals surface area contributed by atoms with Crippen molar-refractivity contribution in [3.05, 3.63) is 63.8 Å². The molecule has 9 nitrogen and oxygen atoms in total. The second-order valence-electron chi connectivity index (χ2n) is 5.49. The fraction of sp³-hybridized carbons (Fsp3) is 0.250. The lowest BCUT2D eigenvalue weighted by Crippen LogP contribution is -2.14. The van der Waals surface area contributed by atoms with Crippen LogP contribution < -0.4 is 5.32 Å². The van der Waals surface area contributed by atoms with Gasteiger partial charge in [0.25, 0.3) is 5.69 Å². The molecule has 0 saturated carbocycles. The smallest absolute Gasteiger partial charge is 0.338 e. The number of carbonyl (C=O) groups is 1. The lowest BCUT2D eigenvalue weighted by Gasteiger charge is -2.07. The number of ether oxygens (including phenoxy) is 1. The van der Waals surface area contributed by atoms with Crippen LogP contribution in [0.5, 0.6) is 0 Å². The Morgan fingerprint density at radius 3 is 2.46 bits per heavy atom. The molecule has 0 unspecified atom stereocenters. The van der Waals surface area contributed by atoms with Crippen molar-refractivity contribution in [2.75, 3.05) is 24.7 Å². The highest BCUT2D eigenvalue weighted by Crippen LogP contribution is 2.12. The van der Waals surface area contributed by atoms with E-state index >= 15 is 0 Å². The van der Waals surface area contributed by atoms with Crippen molar-refractivity contribution in [3.63, 3.8) is 0 Å². The molecule has 2 rings (SSSR count). The predicted octanol–water partition coefficient (Wildman–Crippen LogP) is 1.80. The summed E-state index contributed by atoms with van der Waals surface area (Å²) in [6.07, 6.45) is 2.27. The first-order chi connectivity index (χ1) is 12.2. The van der Waals surface area contributed by atoms with Gasteiger partial charge < -0.3 is 10.1 Å². The number of hydrogen-bond acceptors (Lipinski definition) is 8. The Morgan fingerprint density at radius 1 is 1.23 bits per heavy atom. The summed E-state index contributed by atoms with van der Waals surface area (Å²) in [6.45, 7) is 0.352. The van der Waals surface area contributed by atoms with E-state index in [4.69, 9.17) is 4.74 Å². The Hall–Kier alpha value is -3.01. The summed E-state index contributed by atoms with van der Waals surface area (Å²) in [7, 11) is -3.13. The van der Waals surface area contributed by atoms with Gasteiger partial charge in [0.15, 0.2) is 9.84 Å². The molecule has 26 heavy (non-hydrogen) atoms. The van der Waals surface area contributed by atoms with Gasteiger partial charge in [-0.15, -0.1) is 0 Å². The molecule has 0 saturated heterocycles. The molecule has 0 aliphatic carbocycles. The Balaban J connectivity index is 1.78. The summed E-state index contributed by atoms with van der Waals surface area (Å²) in [4.78, 5) is 25.8. The number of rotatable bonds is 8. The highest BCUT2D eigenvalue weighted by atomic mass is 32.2. The summed E-state index contributed by atoms with van der Waals surface area (Å²) >= 11 is 0. The maximum Gasteiger partial charge on any atom is 0.338 e. The summed E-state index contributed by atoms with van der Waals surface area (Å²) in [5.74, 6) is -0.194. The molecule has 10 heteroatoms. The number of benzene rings is 1. The number of pyridine rings is 1. The van der Waals surface area contributed by atoms with Crippen LogP contribution in [0, 0.1) is 10.1 Å². The van der Waals surface area contributed by atoms with Crippen molar-refractivity contribution in [1.82, 2.24) is 4.98 Å². The van der Waals surface area contributed by atoms with Gasteiger partial charge in [0.2, 0.25) is 0 Å². The maximum atomic E-state index is 11.9. The highest BCUT2D eigenvalue weighted by Gasteiger charge is 2.09. The Bertz CT molecular complexity index is 879. The van der Waals surface area contributed by atoms with Crippen LogP contribution in [0.2, 0.25) is 0 Å². The van der Waals surface area contributed by atoms with Crippen molar-refractivity contribution in [2.24, 2.45) is 0 Å². The zero-order valence-corrected chi connectivity index (χ0v) is 14.7.